The van der Waals surface area contributed by atoms with E-state index in [0.29, 0.717) is 58.0 Å². The van der Waals surface area contributed by atoms with Gasteiger partial charge < -0.3 is 43.9 Å². The fraction of sp³-hybridized carbons (Fsp3) is 0.741. The number of unbranched alkanes of at least 4 members (excludes halogenated alkanes) is 4. The normalized spacial score (nSPS) is 37.5. The summed E-state index contributed by atoms with van der Waals surface area (Å²) in [5.41, 5.74) is 1.12. The van der Waals surface area contributed by atoms with Gasteiger partial charge in [-0.25, -0.2) is 4.79 Å². The lowest BCUT2D eigenvalue weighted by Gasteiger charge is -2.42. The first-order valence-corrected chi connectivity index (χ1v) is 26.9. The van der Waals surface area contributed by atoms with Gasteiger partial charge in [-0.05, 0) is 120 Å². The fourth-order valence-corrected chi connectivity index (χ4v) is 11.0. The quantitative estimate of drug-likeness (QED) is 0.0558. The SMILES string of the molecule is C#CCCCCCCO[C@@H]1CC[C@@H](C[C@@H](C)[C@@H]2CC(=O)[C@H](C)/C=C(\C)[C@@H](O)[C@@H](O)C(=O)[C@H](C)C[C@H](C)/C=C/C=C/C=C(\C)[C@@H](OC)C[C@@H]3CC[C@@H](C)[C@@](O)(O3)C(=O)C(=O)N3CCCC[C@H]3C(=O)O2)C[C@H]1OC. The molecule has 404 valence electrons. The lowest BCUT2D eigenvalue weighted by atomic mass is 9.78. The van der Waals surface area contributed by atoms with Crippen molar-refractivity contribution in [1.29, 1.82) is 0 Å². The first-order chi connectivity index (χ1) is 34.2. The molecule has 0 spiro atoms. The number of amides is 1. The number of ketones is 3. The minimum atomic E-state index is -2.44. The topological polar surface area (TPSA) is 195 Å². The number of hydrogen-bond acceptors (Lipinski definition) is 13. The molecule has 0 aromatic heterocycles. The Labute approximate surface area is 430 Å². The Hall–Kier alpha value is -3.81. The highest BCUT2D eigenvalue weighted by atomic mass is 16.6. The fourth-order valence-electron chi connectivity index (χ4n) is 11.0. The number of cyclic esters (lactones) is 1. The van der Waals surface area contributed by atoms with Gasteiger partial charge in [0.1, 0.15) is 30.1 Å². The van der Waals surface area contributed by atoms with E-state index in [1.54, 1.807) is 41.9 Å². The van der Waals surface area contributed by atoms with Crippen molar-refractivity contribution in [3.8, 4) is 12.3 Å². The van der Waals surface area contributed by atoms with Crippen LogP contribution in [-0.2, 0) is 47.7 Å². The maximum absolute atomic E-state index is 14.5. The number of esters is 1. The third-order valence-electron chi connectivity index (χ3n) is 15.8. The summed E-state index contributed by atoms with van der Waals surface area (Å²) in [6.07, 6.45) is 21.5. The summed E-state index contributed by atoms with van der Waals surface area (Å²) in [5.74, 6) is -5.75. The molecule has 3 fully saturated rings. The van der Waals surface area contributed by atoms with Crippen molar-refractivity contribution in [2.45, 2.75) is 212 Å². The Kier molecular flexibility index (Phi) is 25.2. The number of terminal acetylenes is 1. The number of aliphatic hydroxyl groups is 3. The zero-order chi connectivity index (χ0) is 53.1. The van der Waals surface area contributed by atoms with Crippen molar-refractivity contribution in [1.82, 2.24) is 4.90 Å². The molecule has 3 N–H and O–H groups in total. The van der Waals surface area contributed by atoms with Gasteiger partial charge in [0, 0.05) is 64.4 Å². The number of carbonyl (C=O) groups is 5. The number of aliphatic hydroxyl groups excluding tert-OH is 2. The zero-order valence-corrected chi connectivity index (χ0v) is 44.9. The van der Waals surface area contributed by atoms with Crippen molar-refractivity contribution in [2.75, 3.05) is 27.4 Å². The van der Waals surface area contributed by atoms with E-state index in [1.807, 2.05) is 51.2 Å². The Balaban J connectivity index is 1.63. The molecule has 3 aliphatic heterocycles. The van der Waals surface area contributed by atoms with Gasteiger partial charge in [0.15, 0.2) is 5.78 Å². The first kappa shape index (κ1) is 60.7. The van der Waals surface area contributed by atoms with E-state index >= 15 is 0 Å². The smallest absolute Gasteiger partial charge is 0.329 e. The Morgan fingerprint density at radius 2 is 1.58 bits per heavy atom. The molecule has 14 nitrogen and oxygen atoms in total. The predicted octanol–water partition coefficient (Wildman–Crippen LogP) is 8.13. The van der Waals surface area contributed by atoms with Gasteiger partial charge in [-0.1, -0.05) is 83.9 Å². The number of piperidine rings is 1. The van der Waals surface area contributed by atoms with Gasteiger partial charge in [0.2, 0.25) is 5.79 Å². The van der Waals surface area contributed by atoms with E-state index in [1.165, 1.54) is 11.0 Å². The van der Waals surface area contributed by atoms with Crippen molar-refractivity contribution >= 4 is 29.2 Å². The Bertz CT molecular complexity index is 1950. The van der Waals surface area contributed by atoms with Crippen molar-refractivity contribution in [2.24, 2.45) is 35.5 Å². The molecule has 4 rings (SSSR count). The summed E-state index contributed by atoms with van der Waals surface area (Å²) in [4.78, 5) is 72.0. The highest BCUT2D eigenvalue weighted by Crippen LogP contribution is 2.38. The number of hydrogen-bond donors (Lipinski definition) is 3. The van der Waals surface area contributed by atoms with Crippen LogP contribution in [0.1, 0.15) is 158 Å². The number of Topliss-reactive ketones (excluding diaryl/α,β-unsaturated/α-hetero) is 3. The summed E-state index contributed by atoms with van der Waals surface area (Å²) in [6, 6.07) is -1.15. The molecular weight excluding hydrogens is 919 g/mol. The van der Waals surface area contributed by atoms with Gasteiger partial charge in [-0.2, -0.15) is 0 Å². The first-order valence-electron chi connectivity index (χ1n) is 26.9. The van der Waals surface area contributed by atoms with E-state index in [9.17, 15) is 39.3 Å². The molecule has 1 aliphatic carbocycles. The number of ether oxygens (including phenoxy) is 5. The molecule has 0 aromatic carbocycles. The van der Waals surface area contributed by atoms with Gasteiger partial charge in [-0.3, -0.25) is 19.2 Å². The maximum Gasteiger partial charge on any atom is 0.329 e. The molecule has 1 saturated carbocycles. The van der Waals surface area contributed by atoms with E-state index < -0.39 is 83.5 Å². The van der Waals surface area contributed by atoms with E-state index in [-0.39, 0.29) is 60.7 Å². The third-order valence-corrected chi connectivity index (χ3v) is 15.8. The van der Waals surface area contributed by atoms with E-state index in [0.717, 1.165) is 50.5 Å². The highest BCUT2D eigenvalue weighted by Gasteiger charge is 2.53. The van der Waals surface area contributed by atoms with E-state index in [4.69, 9.17) is 30.1 Å². The molecule has 3 heterocycles. The molecule has 0 unspecified atom stereocenters. The van der Waals surface area contributed by atoms with Gasteiger partial charge in [-0.15, -0.1) is 12.3 Å². The van der Waals surface area contributed by atoms with Crippen LogP contribution < -0.4 is 0 Å². The van der Waals surface area contributed by atoms with Gasteiger partial charge in [0.05, 0.1) is 24.4 Å². The number of allylic oxidation sites excluding steroid dienone is 6. The van der Waals surface area contributed by atoms with Crippen LogP contribution in [0.5, 0.6) is 0 Å². The number of nitrogens with zero attached hydrogens (tertiary/aromatic N) is 1. The summed E-state index contributed by atoms with van der Waals surface area (Å²) in [7, 11) is 3.26. The average Bonchev–Trinajstić information content (AvgIpc) is 3.36. The van der Waals surface area contributed by atoms with Gasteiger partial charge >= 0.3 is 5.97 Å². The third kappa shape index (κ3) is 17.4. The molecule has 0 radical (unpaired) electrons. The molecule has 1 amide bonds. The van der Waals surface area contributed by atoms with E-state index in [2.05, 4.69) is 5.92 Å². The Morgan fingerprint density at radius 1 is 0.847 bits per heavy atom. The second kappa shape index (κ2) is 29.9. The van der Waals surface area contributed by atoms with Crippen LogP contribution in [0.15, 0.2) is 47.6 Å². The molecule has 4 aliphatic rings. The van der Waals surface area contributed by atoms with Crippen LogP contribution in [0.2, 0.25) is 0 Å². The number of carbonyl (C=O) groups excluding carboxylic acids is 5. The lowest BCUT2D eigenvalue weighted by molar-refractivity contribution is -0.265. The molecule has 15 atom stereocenters. The van der Waals surface area contributed by atoms with Crippen molar-refractivity contribution in [3.05, 3.63) is 47.6 Å². The van der Waals surface area contributed by atoms with Crippen LogP contribution >= 0.6 is 0 Å². The van der Waals surface area contributed by atoms with Crippen LogP contribution in [0, 0.1) is 47.9 Å². The van der Waals surface area contributed by atoms with Crippen LogP contribution in [0.3, 0.4) is 0 Å². The summed E-state index contributed by atoms with van der Waals surface area (Å²) in [6.45, 7) is 13.2. The number of fused-ring (bicyclic) bond motifs is 3. The molecule has 2 bridgehead atoms. The molecule has 2 saturated heterocycles. The molecular formula is C58H89NO13. The highest BCUT2D eigenvalue weighted by molar-refractivity contribution is 6.39. The Morgan fingerprint density at radius 3 is 2.29 bits per heavy atom. The summed E-state index contributed by atoms with van der Waals surface area (Å²) < 4.78 is 30.6. The van der Waals surface area contributed by atoms with Crippen LogP contribution in [0.25, 0.3) is 0 Å². The summed E-state index contributed by atoms with van der Waals surface area (Å²) >= 11 is 0. The minimum Gasteiger partial charge on any atom is -0.460 e. The second-order valence-corrected chi connectivity index (χ2v) is 21.6. The number of methoxy groups -OCH3 is 2. The minimum absolute atomic E-state index is 0.0370. The van der Waals surface area contributed by atoms with Gasteiger partial charge in [0.25, 0.3) is 11.7 Å². The van der Waals surface area contributed by atoms with Crippen LogP contribution in [-0.4, -0.2) is 131 Å². The largest absolute Gasteiger partial charge is 0.460 e. The molecule has 72 heavy (non-hydrogen) atoms. The predicted molar refractivity (Wildman–Crippen MR) is 276 cm³/mol. The van der Waals surface area contributed by atoms with Crippen molar-refractivity contribution in [3.63, 3.8) is 0 Å². The number of rotatable bonds is 12. The van der Waals surface area contributed by atoms with Crippen LogP contribution in [0.4, 0.5) is 0 Å². The monoisotopic (exact) mass is 1010 g/mol. The zero-order valence-electron chi connectivity index (χ0n) is 44.9. The molecule has 14 heteroatoms. The average molecular weight is 1010 g/mol. The standard InChI is InChI=1S/C58H89NO13/c1-11-12-13-14-15-21-30-70-48-28-26-44(34-51(48)69-10)33-40(5)50-36-47(60)39(4)32-42(7)53(62)54(63)52(61)41(6)31-37(2)22-17-16-18-23-38(3)49(68-9)35-45-27-25-43(8)58(67,72-45)55(64)56(65)59-29-20-19-24-46(59)57(66)71-50/h1,16-18,22-23,32,37,39-41,43-46,48-51,53-54,62-63,67H,12-15,19-21,24-31,33-36H2,2-10H3/b18-16+,22-17+,38-23+,42-32+/t37-,39-,40-,41-,43-,44+,45+,46+,48-,49+,50+,51-,53-,54+,58-/m1/s1. The maximum atomic E-state index is 14.5. The molecule has 0 aromatic rings. The summed E-state index contributed by atoms with van der Waals surface area (Å²) in [5, 5.41) is 34.3. The second-order valence-electron chi connectivity index (χ2n) is 21.6. The van der Waals surface area contributed by atoms with Crippen molar-refractivity contribution < 1.29 is 63.0 Å². The lowest BCUT2D eigenvalue weighted by Crippen LogP contribution is -2.61.